The topological polar surface area (TPSA) is 38.1 Å². The molecule has 1 amide bonds. The number of nitrogens with zero attached hydrogens (tertiary/aromatic N) is 3. The van der Waals surface area contributed by atoms with Crippen molar-refractivity contribution in [2.75, 3.05) is 13.6 Å². The fraction of sp³-hybridized carbons (Fsp3) is 0.444. The van der Waals surface area contributed by atoms with Gasteiger partial charge in [-0.2, -0.15) is 18.3 Å². The standard InChI is InChI=1S/C18H19ClF3N3O/c1-24(11-12-5-2-3-6-12)17(26)15-10-23-25(16(15)18(20,21)22)14-8-4-7-13(19)9-14/h4,7-10,12H,2-3,5-6,11H2,1H3. The normalized spacial score (nSPS) is 15.4. The third-order valence-electron chi connectivity index (χ3n) is 4.67. The third kappa shape index (κ3) is 3.87. The highest BCUT2D eigenvalue weighted by Gasteiger charge is 2.41. The molecule has 4 nitrogen and oxygen atoms in total. The largest absolute Gasteiger partial charge is 0.434 e. The molecule has 0 aliphatic heterocycles. The van der Waals surface area contributed by atoms with E-state index in [2.05, 4.69) is 5.10 Å². The van der Waals surface area contributed by atoms with Crippen LogP contribution in [0.3, 0.4) is 0 Å². The average molecular weight is 386 g/mol. The molecule has 1 aliphatic carbocycles. The second kappa shape index (κ2) is 7.31. The van der Waals surface area contributed by atoms with Crippen molar-refractivity contribution >= 4 is 17.5 Å². The van der Waals surface area contributed by atoms with Gasteiger partial charge in [0, 0.05) is 18.6 Å². The van der Waals surface area contributed by atoms with Crippen LogP contribution in [0.5, 0.6) is 0 Å². The molecule has 140 valence electrons. The number of hydrogen-bond acceptors (Lipinski definition) is 2. The number of halogens is 4. The molecule has 0 saturated heterocycles. The first kappa shape index (κ1) is 18.8. The lowest BCUT2D eigenvalue weighted by atomic mass is 10.1. The van der Waals surface area contributed by atoms with Gasteiger partial charge in [0.2, 0.25) is 0 Å². The van der Waals surface area contributed by atoms with Gasteiger partial charge in [0.15, 0.2) is 5.69 Å². The lowest BCUT2D eigenvalue weighted by Gasteiger charge is -2.21. The molecule has 1 fully saturated rings. The van der Waals surface area contributed by atoms with E-state index in [0.29, 0.717) is 12.5 Å². The Morgan fingerprint density at radius 1 is 1.35 bits per heavy atom. The molecule has 0 unspecified atom stereocenters. The second-order valence-corrected chi connectivity index (χ2v) is 7.07. The third-order valence-corrected chi connectivity index (χ3v) is 4.91. The van der Waals surface area contributed by atoms with Gasteiger partial charge >= 0.3 is 6.18 Å². The van der Waals surface area contributed by atoms with E-state index < -0.39 is 23.3 Å². The lowest BCUT2D eigenvalue weighted by molar-refractivity contribution is -0.143. The van der Waals surface area contributed by atoms with Gasteiger partial charge in [0.1, 0.15) is 0 Å². The summed E-state index contributed by atoms with van der Waals surface area (Å²) < 4.78 is 41.8. The van der Waals surface area contributed by atoms with Crippen LogP contribution >= 0.6 is 11.6 Å². The molecule has 8 heteroatoms. The van der Waals surface area contributed by atoms with Crippen molar-refractivity contribution in [3.8, 4) is 5.69 Å². The number of carbonyl (C=O) groups excluding carboxylic acids is 1. The summed E-state index contributed by atoms with van der Waals surface area (Å²) in [6.07, 6.45) is 0.479. The summed E-state index contributed by atoms with van der Waals surface area (Å²) >= 11 is 5.88. The molecule has 0 radical (unpaired) electrons. The smallest absolute Gasteiger partial charge is 0.341 e. The Balaban J connectivity index is 1.95. The quantitative estimate of drug-likeness (QED) is 0.757. The van der Waals surface area contributed by atoms with Crippen molar-refractivity contribution < 1.29 is 18.0 Å². The monoisotopic (exact) mass is 385 g/mol. The van der Waals surface area contributed by atoms with Crippen LogP contribution in [0.2, 0.25) is 5.02 Å². The molecular formula is C18H19ClF3N3O. The summed E-state index contributed by atoms with van der Waals surface area (Å²) in [6, 6.07) is 5.93. The Kier molecular flexibility index (Phi) is 5.27. The molecule has 2 aromatic rings. The summed E-state index contributed by atoms with van der Waals surface area (Å²) in [6.45, 7) is 0.457. The first-order valence-electron chi connectivity index (χ1n) is 8.44. The minimum atomic E-state index is -4.72. The maximum Gasteiger partial charge on any atom is 0.434 e. The summed E-state index contributed by atoms with van der Waals surface area (Å²) in [5.74, 6) is -0.321. The van der Waals surface area contributed by atoms with Crippen LogP contribution < -0.4 is 0 Å². The van der Waals surface area contributed by atoms with Gasteiger partial charge in [0.05, 0.1) is 17.4 Å². The molecule has 26 heavy (non-hydrogen) atoms. The fourth-order valence-electron chi connectivity index (χ4n) is 3.45. The fourth-order valence-corrected chi connectivity index (χ4v) is 3.63. The Bertz CT molecular complexity index is 797. The summed E-state index contributed by atoms with van der Waals surface area (Å²) in [7, 11) is 1.54. The SMILES string of the molecule is CN(CC1CCCC1)C(=O)c1cnn(-c2cccc(Cl)c2)c1C(F)(F)F. The van der Waals surface area contributed by atoms with Crippen molar-refractivity contribution in [3.05, 3.63) is 46.7 Å². The van der Waals surface area contributed by atoms with Gasteiger partial charge in [-0.05, 0) is 37.0 Å². The molecule has 1 aliphatic rings. The van der Waals surface area contributed by atoms with Crippen LogP contribution in [-0.2, 0) is 6.18 Å². The molecule has 1 saturated carbocycles. The lowest BCUT2D eigenvalue weighted by Crippen LogP contribution is -2.32. The molecule has 0 bridgehead atoms. The minimum absolute atomic E-state index is 0.155. The predicted octanol–water partition coefficient (Wildman–Crippen LogP) is 4.81. The Labute approximate surface area is 154 Å². The maximum atomic E-state index is 13.7. The second-order valence-electron chi connectivity index (χ2n) is 6.63. The molecule has 0 N–H and O–H groups in total. The van der Waals surface area contributed by atoms with Gasteiger partial charge in [-0.1, -0.05) is 30.5 Å². The van der Waals surface area contributed by atoms with Crippen LogP contribution in [0, 0.1) is 5.92 Å². The number of rotatable bonds is 4. The zero-order valence-electron chi connectivity index (χ0n) is 14.3. The predicted molar refractivity (Wildman–Crippen MR) is 92.5 cm³/mol. The van der Waals surface area contributed by atoms with Gasteiger partial charge < -0.3 is 4.90 Å². The highest BCUT2D eigenvalue weighted by atomic mass is 35.5. The first-order valence-corrected chi connectivity index (χ1v) is 8.82. The molecule has 3 rings (SSSR count). The van der Waals surface area contributed by atoms with E-state index in [-0.39, 0.29) is 10.7 Å². The van der Waals surface area contributed by atoms with E-state index in [1.54, 1.807) is 6.07 Å². The van der Waals surface area contributed by atoms with E-state index in [4.69, 9.17) is 11.6 Å². The number of carbonyl (C=O) groups is 1. The average Bonchev–Trinajstić information content (AvgIpc) is 3.22. The van der Waals surface area contributed by atoms with Crippen LogP contribution in [-0.4, -0.2) is 34.2 Å². The highest BCUT2D eigenvalue weighted by molar-refractivity contribution is 6.30. The van der Waals surface area contributed by atoms with Gasteiger partial charge in [-0.3, -0.25) is 4.79 Å². The molecular weight excluding hydrogens is 367 g/mol. The van der Waals surface area contributed by atoms with Gasteiger partial charge in [0.25, 0.3) is 5.91 Å². The van der Waals surface area contributed by atoms with E-state index >= 15 is 0 Å². The number of alkyl halides is 3. The van der Waals surface area contributed by atoms with Crippen molar-refractivity contribution in [2.45, 2.75) is 31.9 Å². The van der Waals surface area contributed by atoms with Crippen LogP contribution in [0.4, 0.5) is 13.2 Å². The Morgan fingerprint density at radius 3 is 2.65 bits per heavy atom. The van der Waals surface area contributed by atoms with E-state index in [0.717, 1.165) is 36.6 Å². The highest BCUT2D eigenvalue weighted by Crippen LogP contribution is 2.35. The van der Waals surface area contributed by atoms with E-state index in [1.165, 1.54) is 30.1 Å². The molecule has 0 spiro atoms. The Morgan fingerprint density at radius 2 is 2.04 bits per heavy atom. The number of hydrogen-bond donors (Lipinski definition) is 0. The summed E-state index contributed by atoms with van der Waals surface area (Å²) in [5, 5.41) is 4.11. The van der Waals surface area contributed by atoms with Crippen molar-refractivity contribution in [2.24, 2.45) is 5.92 Å². The summed E-state index contributed by atoms with van der Waals surface area (Å²) in [4.78, 5) is 14.0. The van der Waals surface area contributed by atoms with Crippen molar-refractivity contribution in [1.29, 1.82) is 0 Å². The number of benzene rings is 1. The van der Waals surface area contributed by atoms with Crippen molar-refractivity contribution in [3.63, 3.8) is 0 Å². The Hall–Kier alpha value is -2.02. The van der Waals surface area contributed by atoms with Crippen LogP contribution in [0.15, 0.2) is 30.5 Å². The summed E-state index contributed by atoms with van der Waals surface area (Å²) in [5.41, 5.74) is -1.37. The maximum absolute atomic E-state index is 13.7. The number of amides is 1. The zero-order chi connectivity index (χ0) is 18.9. The van der Waals surface area contributed by atoms with E-state index in [9.17, 15) is 18.0 Å². The molecule has 0 atom stereocenters. The number of aromatic nitrogens is 2. The van der Waals surface area contributed by atoms with Crippen molar-refractivity contribution in [1.82, 2.24) is 14.7 Å². The molecule has 1 aromatic carbocycles. The van der Waals surface area contributed by atoms with Gasteiger partial charge in [-0.15, -0.1) is 0 Å². The van der Waals surface area contributed by atoms with Gasteiger partial charge in [-0.25, -0.2) is 4.68 Å². The molecule has 1 aromatic heterocycles. The molecule has 1 heterocycles. The minimum Gasteiger partial charge on any atom is -0.341 e. The van der Waals surface area contributed by atoms with E-state index in [1.807, 2.05) is 0 Å². The van der Waals surface area contributed by atoms with Crippen LogP contribution in [0.1, 0.15) is 41.7 Å². The first-order chi connectivity index (χ1) is 12.3. The van der Waals surface area contributed by atoms with Crippen LogP contribution in [0.25, 0.3) is 5.69 Å². The zero-order valence-corrected chi connectivity index (χ0v) is 15.0.